The summed E-state index contributed by atoms with van der Waals surface area (Å²) in [6.45, 7) is 3.91. The van der Waals surface area contributed by atoms with Crippen molar-refractivity contribution in [3.8, 4) is 0 Å². The fourth-order valence-electron chi connectivity index (χ4n) is 2.28. The molecule has 1 fully saturated rings. The molecular formula is C14H19FN2S. The lowest BCUT2D eigenvalue weighted by molar-refractivity contribution is 0.255. The van der Waals surface area contributed by atoms with Gasteiger partial charge in [-0.15, -0.1) is 0 Å². The zero-order valence-corrected chi connectivity index (χ0v) is 11.5. The van der Waals surface area contributed by atoms with E-state index in [9.17, 15) is 4.39 Å². The first kappa shape index (κ1) is 13.3. The lowest BCUT2D eigenvalue weighted by Crippen LogP contribution is -2.47. The van der Waals surface area contributed by atoms with Crippen molar-refractivity contribution in [3.05, 3.63) is 35.6 Å². The third-order valence-electron chi connectivity index (χ3n) is 3.42. The Labute approximate surface area is 113 Å². The first-order valence-electron chi connectivity index (χ1n) is 6.46. The molecule has 98 valence electrons. The molecule has 0 spiro atoms. The summed E-state index contributed by atoms with van der Waals surface area (Å²) in [5.41, 5.74) is 1.04. The molecule has 0 radical (unpaired) electrons. The Kier molecular flexibility index (Phi) is 4.53. The predicted octanol–water partition coefficient (Wildman–Crippen LogP) is 3.07. The average Bonchev–Trinajstić information content (AvgIpc) is 2.38. The standard InChI is InChI=1S/C14H19FN2S/c1-11-4-2-3-9-17(11)14(18)16-10-12-5-7-13(15)8-6-12/h5-8,11H,2-4,9-10H2,1H3,(H,16,18)/t11-/m0/s1. The number of piperidine rings is 1. The van der Waals surface area contributed by atoms with E-state index >= 15 is 0 Å². The number of rotatable bonds is 2. The normalized spacial score (nSPS) is 19.7. The smallest absolute Gasteiger partial charge is 0.169 e. The van der Waals surface area contributed by atoms with Crippen molar-refractivity contribution >= 4 is 17.3 Å². The lowest BCUT2D eigenvalue weighted by Gasteiger charge is -2.35. The molecule has 2 nitrogen and oxygen atoms in total. The highest BCUT2D eigenvalue weighted by molar-refractivity contribution is 7.80. The molecule has 0 aromatic heterocycles. The summed E-state index contributed by atoms with van der Waals surface area (Å²) in [6, 6.07) is 7.04. The number of halogens is 1. The predicted molar refractivity (Wildman–Crippen MR) is 75.9 cm³/mol. The Bertz CT molecular complexity index is 405. The average molecular weight is 266 g/mol. The highest BCUT2D eigenvalue weighted by Gasteiger charge is 2.20. The molecule has 0 aliphatic carbocycles. The van der Waals surface area contributed by atoms with Gasteiger partial charge in [0.2, 0.25) is 0 Å². The fraction of sp³-hybridized carbons (Fsp3) is 0.500. The third kappa shape index (κ3) is 3.42. The summed E-state index contributed by atoms with van der Waals surface area (Å²) < 4.78 is 12.8. The largest absolute Gasteiger partial charge is 0.358 e. The molecule has 2 rings (SSSR count). The van der Waals surface area contributed by atoms with E-state index in [0.717, 1.165) is 17.2 Å². The number of nitrogens with zero attached hydrogens (tertiary/aromatic N) is 1. The summed E-state index contributed by atoms with van der Waals surface area (Å²) in [5.74, 6) is -0.203. The molecule has 0 unspecified atom stereocenters. The topological polar surface area (TPSA) is 15.3 Å². The van der Waals surface area contributed by atoms with E-state index in [1.807, 2.05) is 0 Å². The van der Waals surface area contributed by atoms with Crippen molar-refractivity contribution in [3.63, 3.8) is 0 Å². The van der Waals surface area contributed by atoms with Crippen LogP contribution in [0.4, 0.5) is 4.39 Å². The van der Waals surface area contributed by atoms with E-state index in [1.54, 1.807) is 12.1 Å². The van der Waals surface area contributed by atoms with Gasteiger partial charge in [-0.25, -0.2) is 4.39 Å². The van der Waals surface area contributed by atoms with Crippen molar-refractivity contribution in [2.24, 2.45) is 0 Å². The second-order valence-electron chi connectivity index (χ2n) is 4.82. The van der Waals surface area contributed by atoms with Gasteiger partial charge in [0, 0.05) is 19.1 Å². The SMILES string of the molecule is C[C@H]1CCCCN1C(=S)NCc1ccc(F)cc1. The van der Waals surface area contributed by atoms with Crippen LogP contribution in [0.3, 0.4) is 0 Å². The van der Waals surface area contributed by atoms with Gasteiger partial charge in [0.15, 0.2) is 5.11 Å². The number of hydrogen-bond acceptors (Lipinski definition) is 1. The maximum absolute atomic E-state index is 12.8. The van der Waals surface area contributed by atoms with Gasteiger partial charge < -0.3 is 10.2 Å². The number of likely N-dealkylation sites (tertiary alicyclic amines) is 1. The number of benzene rings is 1. The van der Waals surface area contributed by atoms with Gasteiger partial charge in [-0.05, 0) is 56.1 Å². The van der Waals surface area contributed by atoms with E-state index in [1.165, 1.54) is 31.4 Å². The number of hydrogen-bond donors (Lipinski definition) is 1. The molecule has 1 N–H and O–H groups in total. The second kappa shape index (κ2) is 6.14. The zero-order chi connectivity index (χ0) is 13.0. The number of nitrogens with one attached hydrogen (secondary N) is 1. The van der Waals surface area contributed by atoms with Gasteiger partial charge in [-0.3, -0.25) is 0 Å². The molecule has 1 aliphatic rings. The van der Waals surface area contributed by atoms with Crippen LogP contribution in [0.5, 0.6) is 0 Å². The molecule has 4 heteroatoms. The Morgan fingerprint density at radius 1 is 1.39 bits per heavy atom. The van der Waals surface area contributed by atoms with Crippen molar-refractivity contribution in [2.45, 2.75) is 38.8 Å². The molecular weight excluding hydrogens is 247 g/mol. The minimum absolute atomic E-state index is 0.203. The fourth-order valence-corrected chi connectivity index (χ4v) is 2.62. The molecule has 1 aromatic rings. The molecule has 0 bridgehead atoms. The van der Waals surface area contributed by atoms with E-state index in [0.29, 0.717) is 12.6 Å². The minimum Gasteiger partial charge on any atom is -0.358 e. The molecule has 1 aromatic carbocycles. The Balaban J connectivity index is 1.85. The third-order valence-corrected chi connectivity index (χ3v) is 3.80. The highest BCUT2D eigenvalue weighted by Crippen LogP contribution is 2.16. The van der Waals surface area contributed by atoms with E-state index in [-0.39, 0.29) is 5.82 Å². The van der Waals surface area contributed by atoms with Gasteiger partial charge in [-0.1, -0.05) is 12.1 Å². The molecule has 18 heavy (non-hydrogen) atoms. The van der Waals surface area contributed by atoms with Crippen LogP contribution in [0.15, 0.2) is 24.3 Å². The Morgan fingerprint density at radius 3 is 2.78 bits per heavy atom. The summed E-state index contributed by atoms with van der Waals surface area (Å²) >= 11 is 5.42. The molecule has 0 saturated carbocycles. The maximum Gasteiger partial charge on any atom is 0.169 e. The lowest BCUT2D eigenvalue weighted by atomic mass is 10.0. The molecule has 1 heterocycles. The van der Waals surface area contributed by atoms with Crippen LogP contribution in [0, 0.1) is 5.82 Å². The molecule has 1 atom stereocenters. The van der Waals surface area contributed by atoms with Gasteiger partial charge in [0.05, 0.1) is 0 Å². The zero-order valence-electron chi connectivity index (χ0n) is 10.7. The van der Waals surface area contributed by atoms with Crippen LogP contribution in [-0.2, 0) is 6.54 Å². The van der Waals surface area contributed by atoms with Crippen LogP contribution in [0.1, 0.15) is 31.7 Å². The van der Waals surface area contributed by atoms with Crippen molar-refractivity contribution in [1.29, 1.82) is 0 Å². The van der Waals surface area contributed by atoms with Gasteiger partial charge in [0.25, 0.3) is 0 Å². The summed E-state index contributed by atoms with van der Waals surface area (Å²) in [5, 5.41) is 4.07. The van der Waals surface area contributed by atoms with Crippen LogP contribution in [0.25, 0.3) is 0 Å². The number of thiocarbonyl (C=S) groups is 1. The quantitative estimate of drug-likeness (QED) is 0.828. The molecule has 1 aliphatic heterocycles. The van der Waals surface area contributed by atoms with Gasteiger partial charge in [-0.2, -0.15) is 0 Å². The minimum atomic E-state index is -0.203. The monoisotopic (exact) mass is 266 g/mol. The van der Waals surface area contributed by atoms with Gasteiger partial charge in [0.1, 0.15) is 5.82 Å². The summed E-state index contributed by atoms with van der Waals surface area (Å²) in [4.78, 5) is 2.25. The summed E-state index contributed by atoms with van der Waals surface area (Å²) in [6.07, 6.45) is 3.71. The van der Waals surface area contributed by atoms with E-state index < -0.39 is 0 Å². The summed E-state index contributed by atoms with van der Waals surface area (Å²) in [7, 11) is 0. The first-order valence-corrected chi connectivity index (χ1v) is 6.86. The second-order valence-corrected chi connectivity index (χ2v) is 5.21. The Morgan fingerprint density at radius 2 is 2.11 bits per heavy atom. The highest BCUT2D eigenvalue weighted by atomic mass is 32.1. The van der Waals surface area contributed by atoms with Crippen molar-refractivity contribution < 1.29 is 4.39 Å². The van der Waals surface area contributed by atoms with Crippen LogP contribution in [-0.4, -0.2) is 22.6 Å². The van der Waals surface area contributed by atoms with E-state index in [2.05, 4.69) is 17.1 Å². The van der Waals surface area contributed by atoms with Crippen LogP contribution >= 0.6 is 12.2 Å². The molecule has 1 saturated heterocycles. The van der Waals surface area contributed by atoms with Crippen molar-refractivity contribution in [2.75, 3.05) is 6.54 Å². The van der Waals surface area contributed by atoms with Crippen LogP contribution in [0.2, 0.25) is 0 Å². The first-order chi connectivity index (χ1) is 8.66. The molecule has 0 amide bonds. The van der Waals surface area contributed by atoms with Crippen molar-refractivity contribution in [1.82, 2.24) is 10.2 Å². The van der Waals surface area contributed by atoms with Gasteiger partial charge >= 0.3 is 0 Å². The maximum atomic E-state index is 12.8. The van der Waals surface area contributed by atoms with Crippen LogP contribution < -0.4 is 5.32 Å². The van der Waals surface area contributed by atoms with E-state index in [4.69, 9.17) is 12.2 Å². The Hall–Kier alpha value is -1.16.